The number of halogens is 6. The van der Waals surface area contributed by atoms with Gasteiger partial charge in [0.2, 0.25) is 0 Å². The molecule has 0 aliphatic rings. The lowest BCUT2D eigenvalue weighted by molar-refractivity contribution is -0.385. The van der Waals surface area contributed by atoms with E-state index >= 15 is 0 Å². The normalized spacial score (nSPS) is 12.1. The van der Waals surface area contributed by atoms with Crippen molar-refractivity contribution >= 4 is 5.69 Å². The summed E-state index contributed by atoms with van der Waals surface area (Å²) in [5.74, 6) is 0. The summed E-state index contributed by atoms with van der Waals surface area (Å²) in [7, 11) is 0. The number of hydrogen-bond donors (Lipinski definition) is 0. The van der Waals surface area contributed by atoms with Gasteiger partial charge < -0.3 is 0 Å². The van der Waals surface area contributed by atoms with Gasteiger partial charge in [0, 0.05) is 12.1 Å². The average Bonchev–Trinajstić information content (AvgIpc) is 2.24. The molecule has 10 heteroatoms. The van der Waals surface area contributed by atoms with Crippen LogP contribution in [0.4, 0.5) is 32.0 Å². The van der Waals surface area contributed by atoms with E-state index in [4.69, 9.17) is 5.26 Å². The smallest absolute Gasteiger partial charge is 0.258 e. The number of nitro groups is 1. The van der Waals surface area contributed by atoms with Crippen LogP contribution in [0.2, 0.25) is 0 Å². The van der Waals surface area contributed by atoms with E-state index in [0.29, 0.717) is 0 Å². The monoisotopic (exact) mass is 284 g/mol. The van der Waals surface area contributed by atoms with Crippen molar-refractivity contribution < 1.29 is 31.3 Å². The molecule has 1 rings (SSSR count). The van der Waals surface area contributed by atoms with Gasteiger partial charge in [-0.25, -0.2) is 0 Å². The highest BCUT2D eigenvalue weighted by molar-refractivity contribution is 5.53. The molecule has 0 heterocycles. The number of nitriles is 1. The fourth-order valence-corrected chi connectivity index (χ4v) is 1.30. The Balaban J connectivity index is 3.79. The Morgan fingerprint density at radius 1 is 1.05 bits per heavy atom. The lowest BCUT2D eigenvalue weighted by Gasteiger charge is -2.14. The zero-order valence-electron chi connectivity index (χ0n) is 8.63. The zero-order valence-corrected chi connectivity index (χ0v) is 8.63. The highest BCUT2D eigenvalue weighted by Crippen LogP contribution is 2.41. The number of nitro benzene ring substituents is 1. The molecule has 0 saturated carbocycles. The van der Waals surface area contributed by atoms with Crippen LogP contribution in [0.15, 0.2) is 12.1 Å². The number of non-ortho nitro benzene ring substituents is 1. The maximum Gasteiger partial charge on any atom is 0.417 e. The molecule has 0 saturated heterocycles. The molecule has 102 valence electrons. The SMILES string of the molecule is N#Cc1c(C(F)(F)F)cc([N+](=O)[O-])cc1C(F)(F)F. The van der Waals surface area contributed by atoms with Crippen LogP contribution >= 0.6 is 0 Å². The van der Waals surface area contributed by atoms with Crippen molar-refractivity contribution in [3.8, 4) is 6.07 Å². The van der Waals surface area contributed by atoms with E-state index in [1.165, 1.54) is 0 Å². The first-order valence-electron chi connectivity index (χ1n) is 4.35. The second-order valence-corrected chi connectivity index (χ2v) is 3.28. The topological polar surface area (TPSA) is 66.9 Å². The van der Waals surface area contributed by atoms with Crippen LogP contribution in [0.3, 0.4) is 0 Å². The van der Waals surface area contributed by atoms with Crippen molar-refractivity contribution in [2.75, 3.05) is 0 Å². The molecule has 0 N–H and O–H groups in total. The number of nitrogens with zero attached hydrogens (tertiary/aromatic N) is 2. The van der Waals surface area contributed by atoms with Gasteiger partial charge >= 0.3 is 12.4 Å². The lowest BCUT2D eigenvalue weighted by atomic mass is 10.00. The van der Waals surface area contributed by atoms with Crippen LogP contribution in [0.1, 0.15) is 16.7 Å². The van der Waals surface area contributed by atoms with Crippen molar-refractivity contribution in [3.63, 3.8) is 0 Å². The molecule has 0 spiro atoms. The van der Waals surface area contributed by atoms with Crippen molar-refractivity contribution in [1.82, 2.24) is 0 Å². The minimum absolute atomic E-state index is 0.103. The first kappa shape index (κ1) is 14.7. The van der Waals surface area contributed by atoms with Crippen molar-refractivity contribution in [2.24, 2.45) is 0 Å². The summed E-state index contributed by atoms with van der Waals surface area (Å²) in [6.07, 6.45) is -10.6. The fraction of sp³-hybridized carbons (Fsp3) is 0.222. The average molecular weight is 284 g/mol. The summed E-state index contributed by atoms with van der Waals surface area (Å²) in [4.78, 5) is 8.95. The van der Waals surface area contributed by atoms with E-state index in [0.717, 1.165) is 6.07 Å². The van der Waals surface area contributed by atoms with Gasteiger partial charge in [0.25, 0.3) is 5.69 Å². The van der Waals surface area contributed by atoms with Gasteiger partial charge in [0.15, 0.2) is 0 Å². The van der Waals surface area contributed by atoms with Crippen molar-refractivity contribution in [2.45, 2.75) is 12.4 Å². The summed E-state index contributed by atoms with van der Waals surface area (Å²) >= 11 is 0. The summed E-state index contributed by atoms with van der Waals surface area (Å²) in [6.45, 7) is 0. The Kier molecular flexibility index (Phi) is 3.43. The Labute approximate surface area is 101 Å². The standard InChI is InChI=1S/C9H2F6N2O2/c10-8(11,12)6-1-4(17(18)19)2-7(5(6)3-16)9(13,14)15/h1-2H. The van der Waals surface area contributed by atoms with Crippen molar-refractivity contribution in [3.05, 3.63) is 38.9 Å². The molecule has 1 aromatic carbocycles. The third kappa shape index (κ3) is 2.93. The van der Waals surface area contributed by atoms with E-state index in [1.807, 2.05) is 0 Å². The summed E-state index contributed by atoms with van der Waals surface area (Å²) in [5.41, 5.74) is -7.06. The second kappa shape index (κ2) is 4.42. The van der Waals surface area contributed by atoms with Crippen molar-refractivity contribution in [1.29, 1.82) is 5.26 Å². The number of rotatable bonds is 1. The predicted molar refractivity (Wildman–Crippen MR) is 47.8 cm³/mol. The Hall–Kier alpha value is -2.31. The number of benzene rings is 1. The molecule has 0 aliphatic heterocycles. The van der Waals surface area contributed by atoms with Gasteiger partial charge in [0.05, 0.1) is 21.6 Å². The van der Waals surface area contributed by atoms with E-state index in [-0.39, 0.29) is 12.1 Å². The van der Waals surface area contributed by atoms with Crippen LogP contribution < -0.4 is 0 Å². The van der Waals surface area contributed by atoms with Gasteiger partial charge in [-0.15, -0.1) is 0 Å². The molecule has 0 aromatic heterocycles. The third-order valence-corrected chi connectivity index (χ3v) is 2.06. The van der Waals surface area contributed by atoms with Crippen LogP contribution in [-0.4, -0.2) is 4.92 Å². The Morgan fingerprint density at radius 2 is 1.42 bits per heavy atom. The molecule has 0 aliphatic carbocycles. The summed E-state index contributed by atoms with van der Waals surface area (Å²) < 4.78 is 75.0. The minimum atomic E-state index is -5.31. The molecule has 0 fully saturated rings. The van der Waals surface area contributed by atoms with Gasteiger partial charge in [-0.2, -0.15) is 31.6 Å². The molecule has 0 bridgehead atoms. The number of alkyl halides is 6. The van der Waals surface area contributed by atoms with Crippen LogP contribution in [0, 0.1) is 21.4 Å². The lowest BCUT2D eigenvalue weighted by Crippen LogP contribution is -2.15. The van der Waals surface area contributed by atoms with Gasteiger partial charge in [-0.3, -0.25) is 10.1 Å². The van der Waals surface area contributed by atoms with E-state index in [2.05, 4.69) is 0 Å². The molecule has 1 aromatic rings. The molecule has 0 unspecified atom stereocenters. The van der Waals surface area contributed by atoms with E-state index < -0.39 is 39.7 Å². The molecule has 4 nitrogen and oxygen atoms in total. The van der Waals surface area contributed by atoms with Gasteiger partial charge in [-0.05, 0) is 0 Å². The quantitative estimate of drug-likeness (QED) is 0.450. The fourth-order valence-electron chi connectivity index (χ4n) is 1.30. The second-order valence-electron chi connectivity index (χ2n) is 3.28. The van der Waals surface area contributed by atoms with Crippen LogP contribution in [0.25, 0.3) is 0 Å². The minimum Gasteiger partial charge on any atom is -0.258 e. The maximum absolute atomic E-state index is 12.5. The predicted octanol–water partition coefficient (Wildman–Crippen LogP) is 3.50. The first-order valence-corrected chi connectivity index (χ1v) is 4.35. The van der Waals surface area contributed by atoms with E-state index in [9.17, 15) is 36.5 Å². The van der Waals surface area contributed by atoms with Crippen LogP contribution in [-0.2, 0) is 12.4 Å². The molecule has 0 amide bonds. The summed E-state index contributed by atoms with van der Waals surface area (Å²) in [6, 6.07) is 0.574. The van der Waals surface area contributed by atoms with Crippen LogP contribution in [0.5, 0.6) is 0 Å². The molecular formula is C9H2F6N2O2. The summed E-state index contributed by atoms with van der Waals surface area (Å²) in [5, 5.41) is 18.8. The highest BCUT2D eigenvalue weighted by Gasteiger charge is 2.43. The first-order chi connectivity index (χ1) is 8.48. The maximum atomic E-state index is 12.5. The van der Waals surface area contributed by atoms with Gasteiger partial charge in [-0.1, -0.05) is 0 Å². The molecule has 19 heavy (non-hydrogen) atoms. The zero-order chi connectivity index (χ0) is 15.0. The third-order valence-electron chi connectivity index (χ3n) is 2.06. The molecular weight excluding hydrogens is 282 g/mol. The van der Waals surface area contributed by atoms with Gasteiger partial charge in [0.1, 0.15) is 6.07 Å². The largest absolute Gasteiger partial charge is 0.417 e. The highest BCUT2D eigenvalue weighted by atomic mass is 19.4. The molecule has 0 atom stereocenters. The number of hydrogen-bond acceptors (Lipinski definition) is 3. The Bertz CT molecular complexity index is 535. The Morgan fingerprint density at radius 3 is 1.63 bits per heavy atom. The van der Waals surface area contributed by atoms with E-state index in [1.54, 1.807) is 0 Å². The molecule has 0 radical (unpaired) electrons.